The molecule has 0 radical (unpaired) electrons. The van der Waals surface area contributed by atoms with E-state index in [0.717, 1.165) is 0 Å². The van der Waals surface area contributed by atoms with Crippen molar-refractivity contribution in [2.45, 2.75) is 18.9 Å². The van der Waals surface area contributed by atoms with Gasteiger partial charge in [0, 0.05) is 32.6 Å². The summed E-state index contributed by atoms with van der Waals surface area (Å²) in [7, 11) is 0. The van der Waals surface area contributed by atoms with Crippen LogP contribution >= 0.6 is 0 Å². The average molecular weight is 260 g/mol. The fourth-order valence-corrected chi connectivity index (χ4v) is 1.57. The van der Waals surface area contributed by atoms with Crippen molar-refractivity contribution < 1.29 is 24.5 Å². The third kappa shape index (κ3) is 4.59. The van der Waals surface area contributed by atoms with Crippen LogP contribution < -0.4 is 5.32 Å². The number of carbonyl (C=O) groups is 2. The summed E-state index contributed by atoms with van der Waals surface area (Å²) in [5, 5.41) is 20.9. The molecule has 3 N–H and O–H groups in total. The van der Waals surface area contributed by atoms with E-state index < -0.39 is 11.6 Å². The number of hydrogen-bond acceptors (Lipinski definition) is 5. The summed E-state index contributed by atoms with van der Waals surface area (Å²) in [6.07, 6.45) is 0.287. The van der Waals surface area contributed by atoms with Gasteiger partial charge in [-0.15, -0.1) is 0 Å². The van der Waals surface area contributed by atoms with Gasteiger partial charge in [0.05, 0.1) is 13.2 Å². The Bertz CT molecular complexity index is 300. The molecule has 1 rings (SSSR count). The van der Waals surface area contributed by atoms with E-state index in [4.69, 9.17) is 9.84 Å². The van der Waals surface area contributed by atoms with Crippen molar-refractivity contribution in [3.05, 3.63) is 0 Å². The molecule has 1 aliphatic heterocycles. The summed E-state index contributed by atoms with van der Waals surface area (Å²) in [4.78, 5) is 24.0. The molecule has 1 heterocycles. The maximum atomic E-state index is 11.7. The van der Waals surface area contributed by atoms with E-state index >= 15 is 0 Å². The molecule has 0 aliphatic carbocycles. The smallest absolute Gasteiger partial charge is 0.336 e. The second kappa shape index (κ2) is 6.67. The normalized spacial score (nSPS) is 19.3. The molecule has 0 aromatic heterocycles. The van der Waals surface area contributed by atoms with Crippen molar-refractivity contribution in [2.24, 2.45) is 0 Å². The van der Waals surface area contributed by atoms with E-state index in [2.05, 4.69) is 5.32 Å². The third-order valence-electron chi connectivity index (χ3n) is 2.81. The van der Waals surface area contributed by atoms with Crippen molar-refractivity contribution in [1.29, 1.82) is 0 Å². The van der Waals surface area contributed by atoms with Gasteiger partial charge < -0.3 is 25.2 Å². The van der Waals surface area contributed by atoms with Crippen LogP contribution in [0.5, 0.6) is 0 Å². The minimum atomic E-state index is -1.80. The van der Waals surface area contributed by atoms with Gasteiger partial charge in [-0.2, -0.15) is 0 Å². The maximum absolute atomic E-state index is 11.7. The van der Waals surface area contributed by atoms with Gasteiger partial charge in [0.15, 0.2) is 5.60 Å². The Balaban J connectivity index is 2.17. The molecule has 0 bridgehead atoms. The van der Waals surface area contributed by atoms with Crippen LogP contribution in [0.4, 0.5) is 0 Å². The van der Waals surface area contributed by atoms with Gasteiger partial charge in [0.25, 0.3) is 0 Å². The van der Waals surface area contributed by atoms with Crippen molar-refractivity contribution in [3.63, 3.8) is 0 Å². The monoisotopic (exact) mass is 260 g/mol. The van der Waals surface area contributed by atoms with Crippen LogP contribution in [0.1, 0.15) is 13.3 Å². The van der Waals surface area contributed by atoms with Gasteiger partial charge >= 0.3 is 5.97 Å². The second-order valence-electron chi connectivity index (χ2n) is 4.50. The van der Waals surface area contributed by atoms with Crippen LogP contribution in [0.2, 0.25) is 0 Å². The fraction of sp³-hybridized carbons (Fsp3) is 0.818. The molecule has 0 saturated carbocycles. The summed E-state index contributed by atoms with van der Waals surface area (Å²) < 4.78 is 5.14. The van der Waals surface area contributed by atoms with Gasteiger partial charge in [-0.25, -0.2) is 4.79 Å². The van der Waals surface area contributed by atoms with E-state index in [1.54, 1.807) is 4.90 Å². The zero-order valence-corrected chi connectivity index (χ0v) is 10.5. The summed E-state index contributed by atoms with van der Waals surface area (Å²) in [6.45, 7) is 3.81. The lowest BCUT2D eigenvalue weighted by Crippen LogP contribution is -2.46. The highest BCUT2D eigenvalue weighted by molar-refractivity contribution is 5.77. The molecule has 104 valence electrons. The van der Waals surface area contributed by atoms with Gasteiger partial charge in [-0.1, -0.05) is 0 Å². The first-order valence-corrected chi connectivity index (χ1v) is 5.95. The summed E-state index contributed by atoms with van der Waals surface area (Å²) in [5.41, 5.74) is -1.80. The number of morpholine rings is 1. The van der Waals surface area contributed by atoms with Crippen LogP contribution in [0.25, 0.3) is 0 Å². The van der Waals surface area contributed by atoms with E-state index in [1.165, 1.54) is 6.92 Å². The number of rotatable bonds is 6. The molecule has 0 spiro atoms. The summed E-state index contributed by atoms with van der Waals surface area (Å²) >= 11 is 0. The zero-order chi connectivity index (χ0) is 13.6. The first-order valence-electron chi connectivity index (χ1n) is 5.95. The number of ether oxygens (including phenoxy) is 1. The lowest BCUT2D eigenvalue weighted by atomic mass is 10.1. The molecule has 7 heteroatoms. The number of carboxylic acids is 1. The second-order valence-corrected chi connectivity index (χ2v) is 4.50. The Hall–Kier alpha value is -1.18. The Kier molecular flexibility index (Phi) is 5.52. The largest absolute Gasteiger partial charge is 0.479 e. The van der Waals surface area contributed by atoms with Crippen molar-refractivity contribution in [1.82, 2.24) is 10.2 Å². The quantitative estimate of drug-likeness (QED) is 0.511. The third-order valence-corrected chi connectivity index (χ3v) is 2.81. The van der Waals surface area contributed by atoms with Gasteiger partial charge in [0.1, 0.15) is 0 Å². The number of aliphatic carboxylic acids is 1. The Morgan fingerprint density at radius 3 is 2.56 bits per heavy atom. The molecule has 0 aromatic rings. The molecule has 18 heavy (non-hydrogen) atoms. The lowest BCUT2D eigenvalue weighted by molar-refractivity contribution is -0.156. The van der Waals surface area contributed by atoms with Crippen molar-refractivity contribution in [2.75, 3.05) is 39.4 Å². The summed E-state index contributed by atoms with van der Waals surface area (Å²) in [6, 6.07) is 0. The Labute approximate surface area is 106 Å². The maximum Gasteiger partial charge on any atom is 0.336 e. The van der Waals surface area contributed by atoms with Crippen LogP contribution in [0.3, 0.4) is 0 Å². The van der Waals surface area contributed by atoms with Crippen LogP contribution in [-0.2, 0) is 14.3 Å². The zero-order valence-electron chi connectivity index (χ0n) is 10.5. The SMILES string of the molecule is CC(O)(CNCCC(=O)N1CCOCC1)C(=O)O. The highest BCUT2D eigenvalue weighted by Gasteiger charge is 2.29. The molecule has 1 aliphatic rings. The first kappa shape index (κ1) is 14.9. The van der Waals surface area contributed by atoms with E-state index in [0.29, 0.717) is 32.8 Å². The molecule has 7 nitrogen and oxygen atoms in total. The number of nitrogens with one attached hydrogen (secondary N) is 1. The van der Waals surface area contributed by atoms with E-state index in [1.807, 2.05) is 0 Å². The number of hydrogen-bond donors (Lipinski definition) is 3. The van der Waals surface area contributed by atoms with E-state index in [-0.39, 0.29) is 18.9 Å². The topological polar surface area (TPSA) is 99.1 Å². The molecular weight excluding hydrogens is 240 g/mol. The van der Waals surface area contributed by atoms with Gasteiger partial charge in [0.2, 0.25) is 5.91 Å². The molecular formula is C11H20N2O5. The predicted octanol–water partition coefficient (Wildman–Crippen LogP) is -1.34. The Morgan fingerprint density at radius 2 is 2.00 bits per heavy atom. The molecule has 0 aromatic carbocycles. The fourth-order valence-electron chi connectivity index (χ4n) is 1.57. The molecule has 1 amide bonds. The van der Waals surface area contributed by atoms with E-state index in [9.17, 15) is 14.7 Å². The molecule has 1 atom stereocenters. The highest BCUT2D eigenvalue weighted by atomic mass is 16.5. The number of carboxylic acid groups (broad SMARTS) is 1. The molecule has 1 unspecified atom stereocenters. The summed E-state index contributed by atoms with van der Waals surface area (Å²) in [5.74, 6) is -1.27. The first-order chi connectivity index (χ1) is 8.43. The lowest BCUT2D eigenvalue weighted by Gasteiger charge is -2.27. The van der Waals surface area contributed by atoms with Crippen LogP contribution in [0.15, 0.2) is 0 Å². The van der Waals surface area contributed by atoms with Crippen molar-refractivity contribution >= 4 is 11.9 Å². The number of aliphatic hydroxyl groups is 1. The minimum absolute atomic E-state index is 0.0146. The van der Waals surface area contributed by atoms with Crippen molar-refractivity contribution in [3.8, 4) is 0 Å². The number of carbonyl (C=O) groups excluding carboxylic acids is 1. The average Bonchev–Trinajstić information content (AvgIpc) is 2.35. The van der Waals surface area contributed by atoms with Crippen LogP contribution in [-0.4, -0.2) is 72.0 Å². The van der Waals surface area contributed by atoms with Crippen LogP contribution in [0, 0.1) is 0 Å². The Morgan fingerprint density at radius 1 is 1.39 bits per heavy atom. The van der Waals surface area contributed by atoms with Gasteiger partial charge in [-0.05, 0) is 6.92 Å². The predicted molar refractivity (Wildman–Crippen MR) is 63.1 cm³/mol. The molecule has 1 saturated heterocycles. The molecule has 1 fully saturated rings. The number of amides is 1. The van der Waals surface area contributed by atoms with Gasteiger partial charge in [-0.3, -0.25) is 4.79 Å². The highest BCUT2D eigenvalue weighted by Crippen LogP contribution is 2.02. The standard InChI is InChI=1S/C11H20N2O5/c1-11(17,10(15)16)8-12-3-2-9(14)13-4-6-18-7-5-13/h12,17H,2-8H2,1H3,(H,15,16). The number of nitrogens with zero attached hydrogens (tertiary/aromatic N) is 1. The minimum Gasteiger partial charge on any atom is -0.479 e.